The molecule has 2 aromatic heterocycles. The van der Waals surface area contributed by atoms with Crippen molar-refractivity contribution in [1.82, 2.24) is 14.4 Å². The standard InChI is InChI=1S/C8H10N6S/c9-7(13-10)15-5-6-4-14-3-1-2-11-8(14)12-6/h1-4H,5,10H2,(H2,9,13). The maximum atomic E-state index is 5.45. The van der Waals surface area contributed by atoms with E-state index in [2.05, 4.69) is 15.1 Å². The minimum absolute atomic E-state index is 0.347. The van der Waals surface area contributed by atoms with Crippen molar-refractivity contribution in [2.45, 2.75) is 5.75 Å². The molecule has 2 rings (SSSR count). The first kappa shape index (κ1) is 9.78. The van der Waals surface area contributed by atoms with E-state index in [1.807, 2.05) is 22.9 Å². The lowest BCUT2D eigenvalue weighted by Gasteiger charge is -1.94. The van der Waals surface area contributed by atoms with Crippen LogP contribution < -0.4 is 11.6 Å². The number of imidazole rings is 1. The molecule has 0 spiro atoms. The second kappa shape index (κ2) is 4.18. The second-order valence-electron chi connectivity index (χ2n) is 2.82. The number of amidine groups is 1. The van der Waals surface area contributed by atoms with E-state index in [1.165, 1.54) is 11.8 Å². The molecule has 0 aliphatic heterocycles. The summed E-state index contributed by atoms with van der Waals surface area (Å²) in [5, 5.41) is 3.71. The Labute approximate surface area is 90.4 Å². The van der Waals surface area contributed by atoms with Gasteiger partial charge in [0.2, 0.25) is 5.78 Å². The summed E-state index contributed by atoms with van der Waals surface area (Å²) in [6, 6.07) is 1.85. The molecule has 0 aliphatic rings. The van der Waals surface area contributed by atoms with Crippen LogP contribution in [-0.2, 0) is 5.75 Å². The minimum Gasteiger partial charge on any atom is -0.377 e. The van der Waals surface area contributed by atoms with E-state index in [0.29, 0.717) is 16.7 Å². The van der Waals surface area contributed by atoms with Gasteiger partial charge in [-0.3, -0.25) is 4.40 Å². The van der Waals surface area contributed by atoms with Crippen LogP contribution >= 0.6 is 11.8 Å². The van der Waals surface area contributed by atoms with Crippen LogP contribution in [-0.4, -0.2) is 19.5 Å². The Bertz CT molecular complexity index is 458. The van der Waals surface area contributed by atoms with Crippen LogP contribution in [0.4, 0.5) is 0 Å². The van der Waals surface area contributed by atoms with Crippen LogP contribution in [0.1, 0.15) is 5.69 Å². The van der Waals surface area contributed by atoms with Crippen LogP contribution in [0.25, 0.3) is 5.78 Å². The molecule has 6 nitrogen and oxygen atoms in total. The van der Waals surface area contributed by atoms with Gasteiger partial charge in [0.1, 0.15) is 0 Å². The molecule has 0 saturated heterocycles. The van der Waals surface area contributed by atoms with E-state index in [4.69, 9.17) is 11.6 Å². The number of hydrogen-bond donors (Lipinski definition) is 2. The summed E-state index contributed by atoms with van der Waals surface area (Å²) >= 11 is 1.34. The molecule has 7 heteroatoms. The molecule has 0 radical (unpaired) electrons. The van der Waals surface area contributed by atoms with Crippen molar-refractivity contribution in [2.75, 3.05) is 0 Å². The highest BCUT2D eigenvalue weighted by molar-refractivity contribution is 8.13. The van der Waals surface area contributed by atoms with Crippen molar-refractivity contribution in [3.63, 3.8) is 0 Å². The molecule has 0 atom stereocenters. The zero-order chi connectivity index (χ0) is 10.7. The lowest BCUT2D eigenvalue weighted by atomic mass is 10.6. The van der Waals surface area contributed by atoms with Crippen LogP contribution in [0, 0.1) is 0 Å². The van der Waals surface area contributed by atoms with Gasteiger partial charge in [0, 0.05) is 24.3 Å². The number of nitrogens with two attached hydrogens (primary N) is 2. The molecule has 0 aromatic carbocycles. The normalized spacial score (nSPS) is 12.1. The molecular formula is C8H10N6S. The zero-order valence-electron chi connectivity index (χ0n) is 7.87. The molecule has 4 N–H and O–H groups in total. The van der Waals surface area contributed by atoms with Crippen LogP contribution in [0.5, 0.6) is 0 Å². The van der Waals surface area contributed by atoms with Gasteiger partial charge in [-0.2, -0.15) is 5.10 Å². The quantitative estimate of drug-likeness (QED) is 0.326. The highest BCUT2D eigenvalue weighted by Crippen LogP contribution is 2.11. The van der Waals surface area contributed by atoms with Gasteiger partial charge in [-0.15, -0.1) is 0 Å². The number of hydrogen-bond acceptors (Lipinski definition) is 5. The van der Waals surface area contributed by atoms with Gasteiger partial charge < -0.3 is 11.6 Å². The van der Waals surface area contributed by atoms with Gasteiger partial charge in [-0.05, 0) is 6.07 Å². The van der Waals surface area contributed by atoms with E-state index in [9.17, 15) is 0 Å². The topological polar surface area (TPSA) is 94.6 Å². The molecule has 0 bridgehead atoms. The summed E-state index contributed by atoms with van der Waals surface area (Å²) in [7, 11) is 0. The van der Waals surface area contributed by atoms with E-state index in [0.717, 1.165) is 5.69 Å². The Hall–Kier alpha value is -1.76. The third-order valence-corrected chi connectivity index (χ3v) is 2.62. The van der Waals surface area contributed by atoms with Crippen molar-refractivity contribution in [1.29, 1.82) is 0 Å². The first-order valence-electron chi connectivity index (χ1n) is 4.24. The predicted octanol–water partition coefficient (Wildman–Crippen LogP) is 0.151. The van der Waals surface area contributed by atoms with Crippen molar-refractivity contribution in [2.24, 2.45) is 16.7 Å². The van der Waals surface area contributed by atoms with Gasteiger partial charge in [-0.25, -0.2) is 9.97 Å². The molecule has 0 unspecified atom stereocenters. The first-order valence-corrected chi connectivity index (χ1v) is 5.23. The number of hydrazone groups is 1. The Morgan fingerprint density at radius 1 is 1.60 bits per heavy atom. The van der Waals surface area contributed by atoms with Gasteiger partial charge >= 0.3 is 0 Å². The van der Waals surface area contributed by atoms with Crippen LogP contribution in [0.2, 0.25) is 0 Å². The number of nitrogens with zero attached hydrogens (tertiary/aromatic N) is 4. The molecule has 78 valence electrons. The maximum absolute atomic E-state index is 5.45. The molecule has 0 saturated carbocycles. The third-order valence-electron chi connectivity index (χ3n) is 1.78. The van der Waals surface area contributed by atoms with E-state index < -0.39 is 0 Å². The minimum atomic E-state index is 0.347. The van der Waals surface area contributed by atoms with E-state index >= 15 is 0 Å². The fraction of sp³-hybridized carbons (Fsp3) is 0.125. The predicted molar refractivity (Wildman–Crippen MR) is 60.1 cm³/mol. The van der Waals surface area contributed by atoms with Crippen molar-refractivity contribution < 1.29 is 0 Å². The Morgan fingerprint density at radius 3 is 3.20 bits per heavy atom. The van der Waals surface area contributed by atoms with Gasteiger partial charge in [-0.1, -0.05) is 11.8 Å². The van der Waals surface area contributed by atoms with E-state index in [1.54, 1.807) is 6.20 Å². The Balaban J connectivity index is 2.15. The fourth-order valence-electron chi connectivity index (χ4n) is 1.13. The monoisotopic (exact) mass is 222 g/mol. The Morgan fingerprint density at radius 2 is 2.47 bits per heavy atom. The fourth-order valence-corrected chi connectivity index (χ4v) is 1.64. The third kappa shape index (κ3) is 2.18. The molecule has 0 fully saturated rings. The molecule has 15 heavy (non-hydrogen) atoms. The molecule has 0 amide bonds. The maximum Gasteiger partial charge on any atom is 0.233 e. The Kier molecular flexibility index (Phi) is 2.72. The average molecular weight is 222 g/mol. The summed E-state index contributed by atoms with van der Waals surface area (Å²) in [5.74, 6) is 6.33. The number of aromatic nitrogens is 3. The summed E-state index contributed by atoms with van der Waals surface area (Å²) < 4.78 is 1.85. The van der Waals surface area contributed by atoms with Gasteiger partial charge in [0.05, 0.1) is 5.69 Å². The lowest BCUT2D eigenvalue weighted by Crippen LogP contribution is -2.09. The summed E-state index contributed by atoms with van der Waals surface area (Å²) in [4.78, 5) is 8.40. The smallest absolute Gasteiger partial charge is 0.233 e. The summed E-state index contributed by atoms with van der Waals surface area (Å²) in [6.07, 6.45) is 5.50. The zero-order valence-corrected chi connectivity index (χ0v) is 8.68. The van der Waals surface area contributed by atoms with Crippen molar-refractivity contribution in [3.05, 3.63) is 30.4 Å². The van der Waals surface area contributed by atoms with Crippen molar-refractivity contribution >= 4 is 22.7 Å². The molecular weight excluding hydrogens is 212 g/mol. The number of rotatable bonds is 2. The first-order chi connectivity index (χ1) is 7.29. The number of fused-ring (bicyclic) bond motifs is 1. The summed E-state index contributed by atoms with van der Waals surface area (Å²) in [5.41, 5.74) is 6.35. The molecule has 2 heterocycles. The van der Waals surface area contributed by atoms with E-state index in [-0.39, 0.29) is 0 Å². The summed E-state index contributed by atoms with van der Waals surface area (Å²) in [6.45, 7) is 0. The van der Waals surface area contributed by atoms with Crippen molar-refractivity contribution in [3.8, 4) is 0 Å². The molecule has 2 aromatic rings. The largest absolute Gasteiger partial charge is 0.377 e. The SMILES string of the molecule is NN=C(N)SCc1cn2cccnc2n1. The van der Waals surface area contributed by atoms with Crippen LogP contribution in [0.15, 0.2) is 29.8 Å². The number of thioether (sulfide) groups is 1. The van der Waals surface area contributed by atoms with Crippen LogP contribution in [0.3, 0.4) is 0 Å². The molecule has 0 aliphatic carbocycles. The highest BCUT2D eigenvalue weighted by atomic mass is 32.2. The van der Waals surface area contributed by atoms with Gasteiger partial charge in [0.25, 0.3) is 0 Å². The second-order valence-corrected chi connectivity index (χ2v) is 3.81. The lowest BCUT2D eigenvalue weighted by molar-refractivity contribution is 1.11. The average Bonchev–Trinajstić information content (AvgIpc) is 2.68. The van der Waals surface area contributed by atoms with Gasteiger partial charge in [0.15, 0.2) is 5.17 Å². The highest BCUT2D eigenvalue weighted by Gasteiger charge is 2.02.